The van der Waals surface area contributed by atoms with Crippen LogP contribution in [0.4, 0.5) is 0 Å². The lowest BCUT2D eigenvalue weighted by molar-refractivity contribution is 0.242. The molecule has 0 aliphatic heterocycles. The summed E-state index contributed by atoms with van der Waals surface area (Å²) >= 11 is 1.95. The van der Waals surface area contributed by atoms with Gasteiger partial charge < -0.3 is 10.1 Å². The molecule has 1 N–H and O–H groups in total. The number of nitrogens with one attached hydrogen (secondary N) is 1. The second kappa shape index (κ2) is 11.0. The van der Waals surface area contributed by atoms with Gasteiger partial charge in [0.05, 0.1) is 6.10 Å². The lowest BCUT2D eigenvalue weighted by atomic mass is 10.2. The summed E-state index contributed by atoms with van der Waals surface area (Å²) in [6, 6.07) is 8.39. The second-order valence-electron chi connectivity index (χ2n) is 5.39. The molecule has 0 bridgehead atoms. The second-order valence-corrected chi connectivity index (χ2v) is 6.38. The molecule has 0 radical (unpaired) electrons. The molecule has 0 saturated carbocycles. The van der Waals surface area contributed by atoms with Crippen LogP contribution in [0.25, 0.3) is 0 Å². The van der Waals surface area contributed by atoms with Gasteiger partial charge in [-0.2, -0.15) is 11.8 Å². The standard InChI is InChI=1S/C17H29NOS/c1-15(2)19-17-10-8-16(9-11-17)14-18-12-6-4-5-7-13-20-3/h8-11,15,18H,4-7,12-14H2,1-3H3. The predicted molar refractivity (Wildman–Crippen MR) is 90.8 cm³/mol. The summed E-state index contributed by atoms with van der Waals surface area (Å²) in [7, 11) is 0. The predicted octanol–water partition coefficient (Wildman–Crippen LogP) is 4.49. The fourth-order valence-corrected chi connectivity index (χ4v) is 2.53. The molecule has 1 rings (SSSR count). The van der Waals surface area contributed by atoms with Crippen molar-refractivity contribution < 1.29 is 4.74 Å². The van der Waals surface area contributed by atoms with Gasteiger partial charge in [0.15, 0.2) is 0 Å². The summed E-state index contributed by atoms with van der Waals surface area (Å²) in [6.07, 6.45) is 7.77. The molecule has 0 fully saturated rings. The molecule has 0 aliphatic rings. The van der Waals surface area contributed by atoms with Crippen molar-refractivity contribution in [1.29, 1.82) is 0 Å². The van der Waals surface area contributed by atoms with E-state index in [1.807, 2.05) is 11.8 Å². The molecule has 0 spiro atoms. The Morgan fingerprint density at radius 1 is 1.05 bits per heavy atom. The fourth-order valence-electron chi connectivity index (χ4n) is 2.04. The number of hydrogen-bond donors (Lipinski definition) is 1. The maximum atomic E-state index is 5.64. The Balaban J connectivity index is 2.07. The number of unbranched alkanes of at least 4 members (excludes halogenated alkanes) is 3. The molecule has 0 aromatic heterocycles. The average Bonchev–Trinajstić information content (AvgIpc) is 2.43. The zero-order valence-corrected chi connectivity index (χ0v) is 14.0. The first-order valence-electron chi connectivity index (χ1n) is 7.67. The third-order valence-corrected chi connectivity index (χ3v) is 3.77. The molecule has 0 amide bonds. The molecular formula is C17H29NOS. The zero-order chi connectivity index (χ0) is 14.6. The van der Waals surface area contributed by atoms with Crippen LogP contribution < -0.4 is 10.1 Å². The SMILES string of the molecule is CSCCCCCCNCc1ccc(OC(C)C)cc1. The van der Waals surface area contributed by atoms with Gasteiger partial charge in [0, 0.05) is 6.54 Å². The van der Waals surface area contributed by atoms with Crippen LogP contribution >= 0.6 is 11.8 Å². The van der Waals surface area contributed by atoms with Gasteiger partial charge in [-0.15, -0.1) is 0 Å². The van der Waals surface area contributed by atoms with Crippen molar-refractivity contribution in [2.45, 2.75) is 52.2 Å². The molecule has 20 heavy (non-hydrogen) atoms. The van der Waals surface area contributed by atoms with Gasteiger partial charge in [0.2, 0.25) is 0 Å². The Bertz CT molecular complexity index is 337. The van der Waals surface area contributed by atoms with Crippen molar-refractivity contribution in [1.82, 2.24) is 5.32 Å². The minimum atomic E-state index is 0.241. The Morgan fingerprint density at radius 2 is 1.75 bits per heavy atom. The van der Waals surface area contributed by atoms with Gasteiger partial charge in [-0.25, -0.2) is 0 Å². The van der Waals surface area contributed by atoms with Gasteiger partial charge in [0.25, 0.3) is 0 Å². The van der Waals surface area contributed by atoms with Crippen molar-refractivity contribution in [3.63, 3.8) is 0 Å². The van der Waals surface area contributed by atoms with Gasteiger partial charge in [0.1, 0.15) is 5.75 Å². The van der Waals surface area contributed by atoms with Crippen molar-refractivity contribution >= 4 is 11.8 Å². The number of ether oxygens (including phenoxy) is 1. The molecular weight excluding hydrogens is 266 g/mol. The van der Waals surface area contributed by atoms with Crippen LogP contribution in [0.5, 0.6) is 5.75 Å². The third kappa shape index (κ3) is 8.49. The van der Waals surface area contributed by atoms with Crippen molar-refractivity contribution in [3.05, 3.63) is 29.8 Å². The molecule has 1 aromatic rings. The Labute approximate surface area is 128 Å². The van der Waals surface area contributed by atoms with E-state index in [1.165, 1.54) is 37.0 Å². The minimum Gasteiger partial charge on any atom is -0.491 e. The van der Waals surface area contributed by atoms with Crippen molar-refractivity contribution in [3.8, 4) is 5.75 Å². The van der Waals surface area contributed by atoms with E-state index >= 15 is 0 Å². The maximum absolute atomic E-state index is 5.64. The molecule has 0 unspecified atom stereocenters. The highest BCUT2D eigenvalue weighted by molar-refractivity contribution is 7.98. The van der Waals surface area contributed by atoms with E-state index in [2.05, 4.69) is 49.7 Å². The average molecular weight is 295 g/mol. The van der Waals surface area contributed by atoms with Crippen molar-refractivity contribution in [2.75, 3.05) is 18.6 Å². The summed E-state index contributed by atoms with van der Waals surface area (Å²) in [6.45, 7) is 6.17. The van der Waals surface area contributed by atoms with Crippen LogP contribution in [0.1, 0.15) is 45.1 Å². The van der Waals surface area contributed by atoms with E-state index in [1.54, 1.807) is 0 Å². The molecule has 2 nitrogen and oxygen atoms in total. The van der Waals surface area contributed by atoms with Gasteiger partial charge in [-0.1, -0.05) is 25.0 Å². The Morgan fingerprint density at radius 3 is 2.40 bits per heavy atom. The molecule has 0 aliphatic carbocycles. The van der Waals surface area contributed by atoms with Gasteiger partial charge in [-0.05, 0) is 62.9 Å². The normalized spacial score (nSPS) is 11.0. The summed E-state index contributed by atoms with van der Waals surface area (Å²) < 4.78 is 5.64. The summed E-state index contributed by atoms with van der Waals surface area (Å²) in [5, 5.41) is 3.51. The van der Waals surface area contributed by atoms with E-state index in [4.69, 9.17) is 4.74 Å². The van der Waals surface area contributed by atoms with Crippen LogP contribution in [-0.2, 0) is 6.54 Å². The summed E-state index contributed by atoms with van der Waals surface area (Å²) in [5.74, 6) is 2.26. The quantitative estimate of drug-likeness (QED) is 0.608. The van der Waals surface area contributed by atoms with Gasteiger partial charge in [-0.3, -0.25) is 0 Å². The first kappa shape index (κ1) is 17.4. The van der Waals surface area contributed by atoms with Crippen LogP contribution in [-0.4, -0.2) is 24.7 Å². The summed E-state index contributed by atoms with van der Waals surface area (Å²) in [4.78, 5) is 0. The largest absolute Gasteiger partial charge is 0.491 e. The summed E-state index contributed by atoms with van der Waals surface area (Å²) in [5.41, 5.74) is 1.32. The van der Waals surface area contributed by atoms with Crippen LogP contribution in [0.15, 0.2) is 24.3 Å². The zero-order valence-electron chi connectivity index (χ0n) is 13.2. The third-order valence-electron chi connectivity index (χ3n) is 3.08. The van der Waals surface area contributed by atoms with Crippen LogP contribution in [0, 0.1) is 0 Å². The molecule has 3 heteroatoms. The van der Waals surface area contributed by atoms with Crippen LogP contribution in [0.3, 0.4) is 0 Å². The Hall–Kier alpha value is -0.670. The number of hydrogen-bond acceptors (Lipinski definition) is 3. The highest BCUT2D eigenvalue weighted by Crippen LogP contribution is 2.13. The number of benzene rings is 1. The molecule has 0 atom stereocenters. The number of thioether (sulfide) groups is 1. The van der Waals surface area contributed by atoms with Gasteiger partial charge >= 0.3 is 0 Å². The fraction of sp³-hybridized carbons (Fsp3) is 0.647. The van der Waals surface area contributed by atoms with Crippen LogP contribution in [0.2, 0.25) is 0 Å². The highest BCUT2D eigenvalue weighted by atomic mass is 32.2. The monoisotopic (exact) mass is 295 g/mol. The smallest absolute Gasteiger partial charge is 0.119 e. The van der Waals surface area contributed by atoms with E-state index in [0.29, 0.717) is 0 Å². The minimum absolute atomic E-state index is 0.241. The first-order chi connectivity index (χ1) is 9.72. The molecule has 0 saturated heterocycles. The lowest BCUT2D eigenvalue weighted by Crippen LogP contribution is -2.14. The van der Waals surface area contributed by atoms with E-state index in [0.717, 1.165) is 18.8 Å². The highest BCUT2D eigenvalue weighted by Gasteiger charge is 1.98. The Kier molecular flexibility index (Phi) is 9.60. The van der Waals surface area contributed by atoms with Crippen molar-refractivity contribution in [2.24, 2.45) is 0 Å². The molecule has 114 valence electrons. The lowest BCUT2D eigenvalue weighted by Gasteiger charge is -2.10. The molecule has 0 heterocycles. The first-order valence-corrected chi connectivity index (χ1v) is 9.07. The van der Waals surface area contributed by atoms with E-state index in [-0.39, 0.29) is 6.10 Å². The van der Waals surface area contributed by atoms with E-state index in [9.17, 15) is 0 Å². The topological polar surface area (TPSA) is 21.3 Å². The maximum Gasteiger partial charge on any atom is 0.119 e. The number of rotatable bonds is 11. The van der Waals surface area contributed by atoms with E-state index < -0.39 is 0 Å². The molecule has 1 aromatic carbocycles.